The summed E-state index contributed by atoms with van der Waals surface area (Å²) in [7, 11) is -1.73. The molecule has 1 aliphatic carbocycles. The Bertz CT molecular complexity index is 1200. The summed E-state index contributed by atoms with van der Waals surface area (Å²) < 4.78 is 2.95. The molecule has 38 heavy (non-hydrogen) atoms. The van der Waals surface area contributed by atoms with Gasteiger partial charge in [-0.15, -0.1) is 0 Å². The van der Waals surface area contributed by atoms with Crippen LogP contribution in [0.2, 0.25) is 0 Å². The summed E-state index contributed by atoms with van der Waals surface area (Å²) in [4.78, 5) is 0. The molecule has 1 aliphatic rings. The number of rotatable bonds is 8. The van der Waals surface area contributed by atoms with Crippen LogP contribution in [0.25, 0.3) is 0 Å². The summed E-state index contributed by atoms with van der Waals surface area (Å²) in [5.74, 6) is 0.872. The highest BCUT2D eigenvalue weighted by molar-refractivity contribution is 7.84. The van der Waals surface area contributed by atoms with E-state index < -0.39 is 16.1 Å². The fourth-order valence-electron chi connectivity index (χ4n) is 5.62. The van der Waals surface area contributed by atoms with E-state index in [0.29, 0.717) is 11.8 Å². The molecule has 0 bridgehead atoms. The van der Waals surface area contributed by atoms with Gasteiger partial charge in [0, 0.05) is 22.1 Å². The van der Waals surface area contributed by atoms with Crippen LogP contribution < -0.4 is 21.2 Å². The third kappa shape index (κ3) is 5.21. The predicted molar refractivity (Wildman–Crippen MR) is 170 cm³/mol. The van der Waals surface area contributed by atoms with Crippen LogP contribution in [0.3, 0.4) is 0 Å². The van der Waals surface area contributed by atoms with Gasteiger partial charge in [0.1, 0.15) is 0 Å². The smallest absolute Gasteiger partial charge is 0.0544 e. The molecule has 5 rings (SSSR count). The van der Waals surface area contributed by atoms with Gasteiger partial charge in [-0.25, -0.2) is 4.44 Å². The fraction of sp³-hybridized carbons (Fsp3) is 0.200. The van der Waals surface area contributed by atoms with Crippen LogP contribution in [0.15, 0.2) is 145 Å². The van der Waals surface area contributed by atoms with E-state index >= 15 is 0 Å². The molecule has 4 aromatic rings. The third-order valence-corrected chi connectivity index (χ3v) is 13.4. The Morgan fingerprint density at radius 2 is 0.947 bits per heavy atom. The molecule has 0 saturated heterocycles. The van der Waals surface area contributed by atoms with Crippen molar-refractivity contribution in [1.29, 1.82) is 0 Å². The zero-order chi connectivity index (χ0) is 26.5. The topological polar surface area (TPSA) is 3.24 Å². The lowest BCUT2D eigenvalue weighted by Gasteiger charge is -2.55. The zero-order valence-corrected chi connectivity index (χ0v) is 24.6. The van der Waals surface area contributed by atoms with Gasteiger partial charge in [0.2, 0.25) is 0 Å². The van der Waals surface area contributed by atoms with E-state index in [1.807, 2.05) is 0 Å². The van der Waals surface area contributed by atoms with Gasteiger partial charge in [0.25, 0.3) is 0 Å². The quantitative estimate of drug-likeness (QED) is 0.208. The Hall–Kier alpha value is -2.82. The molecule has 1 nitrogen and oxygen atoms in total. The van der Waals surface area contributed by atoms with Crippen molar-refractivity contribution in [3.8, 4) is 0 Å². The van der Waals surface area contributed by atoms with E-state index in [1.54, 1.807) is 0 Å². The van der Waals surface area contributed by atoms with E-state index in [0.717, 1.165) is 0 Å². The molecule has 0 aromatic heterocycles. The van der Waals surface area contributed by atoms with E-state index in [2.05, 4.69) is 172 Å². The van der Waals surface area contributed by atoms with Crippen LogP contribution in [-0.4, -0.2) is 9.98 Å². The Labute approximate surface area is 231 Å². The molecule has 3 heteroatoms. The van der Waals surface area contributed by atoms with Crippen LogP contribution in [-0.2, 0) is 0 Å². The second-order valence-electron chi connectivity index (χ2n) is 10.4. The molecule has 0 heterocycles. The first-order valence-electron chi connectivity index (χ1n) is 13.5. The molecule has 0 fully saturated rings. The standard InChI is InChI=1S/C35H37NP2/c1-28(2)34-27-17-18-29(3)35(34,4)36(37(30-19-9-5-10-20-30)31-21-11-6-12-22-31)38(32-23-13-7-14-24-32)33-25-15-8-16-26-33/h5-28,34H,1-4H3. The Morgan fingerprint density at radius 1 is 0.605 bits per heavy atom. The van der Waals surface area contributed by atoms with Crippen molar-refractivity contribution in [3.05, 3.63) is 145 Å². The highest BCUT2D eigenvalue weighted by Gasteiger charge is 2.49. The van der Waals surface area contributed by atoms with Gasteiger partial charge in [-0.1, -0.05) is 159 Å². The average molecular weight is 534 g/mol. The maximum Gasteiger partial charge on any atom is 0.0544 e. The summed E-state index contributed by atoms with van der Waals surface area (Å²) >= 11 is 0. The van der Waals surface area contributed by atoms with Crippen molar-refractivity contribution in [1.82, 2.24) is 4.44 Å². The van der Waals surface area contributed by atoms with Crippen LogP contribution in [0.5, 0.6) is 0 Å². The van der Waals surface area contributed by atoms with Crippen molar-refractivity contribution in [3.63, 3.8) is 0 Å². The van der Waals surface area contributed by atoms with Crippen molar-refractivity contribution < 1.29 is 0 Å². The van der Waals surface area contributed by atoms with Gasteiger partial charge in [-0.3, -0.25) is 0 Å². The number of hydrogen-bond donors (Lipinski definition) is 0. The molecule has 2 unspecified atom stereocenters. The Morgan fingerprint density at radius 3 is 1.26 bits per heavy atom. The molecule has 0 aliphatic heterocycles. The van der Waals surface area contributed by atoms with E-state index in [4.69, 9.17) is 0 Å². The van der Waals surface area contributed by atoms with E-state index in [1.165, 1.54) is 26.8 Å². The highest BCUT2D eigenvalue weighted by atomic mass is 31.2. The fourth-order valence-corrected chi connectivity index (χ4v) is 12.3. The van der Waals surface area contributed by atoms with Crippen molar-refractivity contribution >= 4 is 37.4 Å². The number of benzene rings is 4. The van der Waals surface area contributed by atoms with Gasteiger partial charge >= 0.3 is 0 Å². The molecule has 192 valence electrons. The summed E-state index contributed by atoms with van der Waals surface area (Å²) in [6.07, 6.45) is 7.08. The maximum atomic E-state index is 2.95. The maximum absolute atomic E-state index is 2.95. The lowest BCUT2D eigenvalue weighted by molar-refractivity contribution is 0.234. The number of nitrogens with zero attached hydrogens (tertiary/aromatic N) is 1. The van der Waals surface area contributed by atoms with Crippen LogP contribution in [0, 0.1) is 11.8 Å². The normalized spacial score (nSPS) is 19.4. The Kier molecular flexibility index (Phi) is 8.40. The first-order valence-corrected chi connectivity index (χ1v) is 16.1. The predicted octanol–water partition coefficient (Wildman–Crippen LogP) is 7.93. The second kappa shape index (κ2) is 11.9. The minimum Gasteiger partial charge on any atom is -0.234 e. The summed E-state index contributed by atoms with van der Waals surface area (Å²) in [5.41, 5.74) is 1.25. The first-order chi connectivity index (χ1) is 18.5. The van der Waals surface area contributed by atoms with Crippen molar-refractivity contribution in [2.75, 3.05) is 0 Å². The highest BCUT2D eigenvalue weighted by Crippen LogP contribution is 2.63. The molecule has 0 radical (unpaired) electrons. The second-order valence-corrected chi connectivity index (χ2v) is 14.8. The van der Waals surface area contributed by atoms with Crippen molar-refractivity contribution in [2.45, 2.75) is 33.2 Å². The molecule has 2 atom stereocenters. The van der Waals surface area contributed by atoms with E-state index in [9.17, 15) is 0 Å². The van der Waals surface area contributed by atoms with Gasteiger partial charge in [-0.05, 0) is 41.0 Å². The van der Waals surface area contributed by atoms with E-state index in [-0.39, 0.29) is 5.54 Å². The summed E-state index contributed by atoms with van der Waals surface area (Å²) in [6, 6.07) is 44.8. The lowest BCUT2D eigenvalue weighted by Crippen LogP contribution is -2.53. The van der Waals surface area contributed by atoms with Gasteiger partial charge in [-0.2, -0.15) is 0 Å². The average Bonchev–Trinajstić information content (AvgIpc) is 2.96. The molecule has 4 aromatic carbocycles. The summed E-state index contributed by atoms with van der Waals surface area (Å²) in [6.45, 7) is 9.61. The zero-order valence-electron chi connectivity index (χ0n) is 22.8. The molecule has 0 amide bonds. The van der Waals surface area contributed by atoms with Crippen LogP contribution in [0.1, 0.15) is 27.7 Å². The SMILES string of the molecule is CC1=CC=CC(C(C)C)C1(C)N(P(c1ccccc1)c1ccccc1)P(c1ccccc1)c1ccccc1. The number of hydrogen-bond acceptors (Lipinski definition) is 1. The minimum absolute atomic E-state index is 0.183. The molecule has 0 spiro atoms. The van der Waals surface area contributed by atoms with Crippen molar-refractivity contribution in [2.24, 2.45) is 11.8 Å². The lowest BCUT2D eigenvalue weighted by atomic mass is 9.72. The largest absolute Gasteiger partial charge is 0.234 e. The third-order valence-electron chi connectivity index (χ3n) is 7.63. The first kappa shape index (κ1) is 26.8. The number of allylic oxidation sites excluding steroid dienone is 2. The monoisotopic (exact) mass is 533 g/mol. The van der Waals surface area contributed by atoms with Crippen LogP contribution >= 0.6 is 16.1 Å². The van der Waals surface area contributed by atoms with Gasteiger partial charge in [0.15, 0.2) is 0 Å². The summed E-state index contributed by atoms with van der Waals surface area (Å²) in [5, 5.41) is 5.55. The molecular weight excluding hydrogens is 496 g/mol. The molecular formula is C35H37NP2. The van der Waals surface area contributed by atoms with Crippen LogP contribution in [0.4, 0.5) is 0 Å². The van der Waals surface area contributed by atoms with Gasteiger partial charge in [0.05, 0.1) is 5.54 Å². The Balaban J connectivity index is 1.87. The molecule has 0 N–H and O–H groups in total. The molecule has 0 saturated carbocycles. The minimum atomic E-state index is -0.863. The van der Waals surface area contributed by atoms with Gasteiger partial charge < -0.3 is 0 Å².